The Morgan fingerprint density at radius 1 is 0.980 bits per heavy atom. The van der Waals surface area contributed by atoms with E-state index in [2.05, 4.69) is 32.0 Å². The molecule has 1 fully saturated rings. The van der Waals surface area contributed by atoms with Crippen molar-refractivity contribution in [3.63, 3.8) is 0 Å². The fourth-order valence-corrected chi connectivity index (χ4v) is 7.35. The zero-order valence-electron chi connectivity index (χ0n) is 28.6. The number of tetrazole rings is 1. The molecule has 2 N–H and O–H groups in total. The maximum absolute atomic E-state index is 14.3. The number of hydrogen-bond acceptors (Lipinski definition) is 8. The van der Waals surface area contributed by atoms with E-state index in [9.17, 15) is 24.0 Å². The van der Waals surface area contributed by atoms with Crippen LogP contribution in [0.3, 0.4) is 0 Å². The first kappa shape index (κ1) is 34.4. The second kappa shape index (κ2) is 14.2. The highest BCUT2D eigenvalue weighted by Gasteiger charge is 2.47. The number of nitrogens with zero attached hydrogens (tertiary/aromatic N) is 7. The first-order valence-corrected chi connectivity index (χ1v) is 16.7. The largest absolute Gasteiger partial charge is 0.345 e. The van der Waals surface area contributed by atoms with Crippen LogP contribution in [0, 0.1) is 17.1 Å². The number of carbonyl (C=O) groups is 3. The van der Waals surface area contributed by atoms with Crippen LogP contribution >= 0.6 is 0 Å². The molecule has 0 bridgehead atoms. The first-order valence-electron chi connectivity index (χ1n) is 16.7. The number of halogens is 1. The van der Waals surface area contributed by atoms with E-state index in [1.807, 2.05) is 24.3 Å². The number of carbonyl (C=O) groups excluding carboxylic acids is 3. The Morgan fingerprint density at radius 3 is 2.10 bits per heavy atom. The van der Waals surface area contributed by atoms with Crippen LogP contribution in [0.5, 0.6) is 0 Å². The molecule has 12 nitrogen and oxygen atoms in total. The molecule has 0 radical (unpaired) electrons. The fourth-order valence-electron chi connectivity index (χ4n) is 7.35. The van der Waals surface area contributed by atoms with Gasteiger partial charge in [0.05, 0.1) is 18.0 Å². The molecule has 2 aliphatic rings. The minimum Gasteiger partial charge on any atom is -0.345 e. The molecule has 50 heavy (non-hydrogen) atoms. The molecule has 0 unspecified atom stereocenters. The molecule has 4 aromatic rings. The summed E-state index contributed by atoms with van der Waals surface area (Å²) in [7, 11) is 6.83. The van der Waals surface area contributed by atoms with Gasteiger partial charge in [-0.3, -0.25) is 14.4 Å². The van der Waals surface area contributed by atoms with Crippen LogP contribution in [-0.4, -0.2) is 100 Å². The Morgan fingerprint density at radius 2 is 1.58 bits per heavy atom. The number of rotatable bonds is 9. The van der Waals surface area contributed by atoms with Crippen LogP contribution in [0.15, 0.2) is 60.7 Å². The quantitative estimate of drug-likeness (QED) is 0.274. The van der Waals surface area contributed by atoms with Crippen molar-refractivity contribution in [2.24, 2.45) is 0 Å². The lowest BCUT2D eigenvalue weighted by Crippen LogP contribution is -2.43. The van der Waals surface area contributed by atoms with Gasteiger partial charge in [-0.25, -0.2) is 4.39 Å². The minimum atomic E-state index is -1.11. The average Bonchev–Trinajstić information content (AvgIpc) is 3.82. The van der Waals surface area contributed by atoms with Crippen LogP contribution in [-0.2, 0) is 23.1 Å². The summed E-state index contributed by atoms with van der Waals surface area (Å²) in [5.41, 5.74) is 4.19. The Balaban J connectivity index is 1.54. The number of nitrogens with one attached hydrogen (secondary N) is 2. The number of amides is 3. The van der Waals surface area contributed by atoms with Gasteiger partial charge in [0.2, 0.25) is 5.91 Å². The third-order valence-electron chi connectivity index (χ3n) is 9.83. The fraction of sp³-hybridized carbons (Fsp3) is 0.378. The summed E-state index contributed by atoms with van der Waals surface area (Å²) in [5, 5.41) is 28.8. The molecule has 0 spiro atoms. The van der Waals surface area contributed by atoms with Crippen molar-refractivity contribution in [1.82, 2.24) is 40.6 Å². The smallest absolute Gasteiger partial charge is 0.253 e. The van der Waals surface area contributed by atoms with Gasteiger partial charge in [0.1, 0.15) is 11.9 Å². The lowest BCUT2D eigenvalue weighted by atomic mass is 9.67. The van der Waals surface area contributed by atoms with Crippen molar-refractivity contribution in [1.29, 1.82) is 5.26 Å². The molecular formula is C37H40FN9O3. The van der Waals surface area contributed by atoms with E-state index < -0.39 is 23.3 Å². The van der Waals surface area contributed by atoms with Gasteiger partial charge in [0, 0.05) is 51.9 Å². The number of hydrogen-bond donors (Lipinski definition) is 2. The van der Waals surface area contributed by atoms with Crippen molar-refractivity contribution >= 4 is 17.7 Å². The van der Waals surface area contributed by atoms with E-state index in [0.29, 0.717) is 42.8 Å². The number of likely N-dealkylation sites (tertiary alicyclic amines) is 1. The standard InChI is InChI=1S/C37H40FN9O3/c1-45(2)34(49)26-11-15-30-24(18-26)7-8-25-19-27(35(50)46(3)4)12-16-31(25)37(30,36-41-43-44-42-36)20-32(23-9-13-28(38)14-10-23)40-22-33(48)47-17-5-6-29(47)21-39/h9-16,18-19,29,32,40H,5-8,17,20,22H2,1-4H3,(H,41,42,43,44)/t29-,32+/m0/s1. The maximum Gasteiger partial charge on any atom is 0.253 e. The molecule has 258 valence electrons. The van der Waals surface area contributed by atoms with Crippen LogP contribution in [0.2, 0.25) is 0 Å². The third-order valence-corrected chi connectivity index (χ3v) is 9.83. The zero-order chi connectivity index (χ0) is 35.6. The predicted molar refractivity (Wildman–Crippen MR) is 182 cm³/mol. The number of nitriles is 1. The number of fused-ring (bicyclic) bond motifs is 2. The normalized spacial score (nSPS) is 16.8. The van der Waals surface area contributed by atoms with E-state index in [1.54, 1.807) is 57.4 Å². The average molecular weight is 678 g/mol. The Kier molecular flexibility index (Phi) is 9.74. The van der Waals surface area contributed by atoms with E-state index in [4.69, 9.17) is 0 Å². The predicted octanol–water partition coefficient (Wildman–Crippen LogP) is 3.41. The summed E-state index contributed by atoms with van der Waals surface area (Å²) in [6.07, 6.45) is 2.78. The van der Waals surface area contributed by atoms with E-state index in [0.717, 1.165) is 34.2 Å². The number of aromatic amines is 1. The van der Waals surface area contributed by atoms with Gasteiger partial charge in [-0.15, -0.1) is 10.2 Å². The molecule has 1 aliphatic carbocycles. The van der Waals surface area contributed by atoms with Gasteiger partial charge in [0.25, 0.3) is 11.8 Å². The van der Waals surface area contributed by atoms with Crippen molar-refractivity contribution < 1.29 is 18.8 Å². The Labute approximate surface area is 290 Å². The number of H-pyrrole nitrogens is 1. The van der Waals surface area contributed by atoms with E-state index >= 15 is 0 Å². The van der Waals surface area contributed by atoms with Crippen LogP contribution in [0.4, 0.5) is 4.39 Å². The maximum atomic E-state index is 14.3. The summed E-state index contributed by atoms with van der Waals surface area (Å²) >= 11 is 0. The SMILES string of the molecule is CN(C)C(=O)c1ccc2c(c1)CCc1cc(C(=O)N(C)C)ccc1C2(C[C@@H](NCC(=O)N1CCC[C@H]1C#N)c1ccc(F)cc1)c1nn[nH]n1. The Bertz CT molecular complexity index is 1860. The van der Waals surface area contributed by atoms with Gasteiger partial charge in [-0.2, -0.15) is 10.5 Å². The molecule has 0 saturated carbocycles. The van der Waals surface area contributed by atoms with Crippen LogP contribution in [0.25, 0.3) is 0 Å². The van der Waals surface area contributed by atoms with Crippen molar-refractivity contribution in [3.8, 4) is 6.07 Å². The van der Waals surface area contributed by atoms with Crippen molar-refractivity contribution in [3.05, 3.63) is 111 Å². The monoisotopic (exact) mass is 677 g/mol. The third kappa shape index (κ3) is 6.46. The molecule has 3 amide bonds. The van der Waals surface area contributed by atoms with Gasteiger partial charge in [0.15, 0.2) is 5.82 Å². The number of aromatic nitrogens is 4. The van der Waals surface area contributed by atoms with E-state index in [-0.39, 0.29) is 30.7 Å². The van der Waals surface area contributed by atoms with Gasteiger partial charge < -0.3 is 20.0 Å². The molecule has 13 heteroatoms. The number of benzene rings is 3. The lowest BCUT2D eigenvalue weighted by Gasteiger charge is -2.37. The summed E-state index contributed by atoms with van der Waals surface area (Å²) < 4.78 is 14.3. The highest BCUT2D eigenvalue weighted by atomic mass is 19.1. The molecule has 2 heterocycles. The zero-order valence-corrected chi connectivity index (χ0v) is 28.6. The molecule has 3 aromatic carbocycles. The first-order chi connectivity index (χ1) is 24.0. The topological polar surface area (TPSA) is 151 Å². The second-order valence-corrected chi connectivity index (χ2v) is 13.3. The highest BCUT2D eigenvalue weighted by Crippen LogP contribution is 2.49. The van der Waals surface area contributed by atoms with Crippen LogP contribution in [0.1, 0.15) is 79.7 Å². The van der Waals surface area contributed by atoms with Gasteiger partial charge in [-0.1, -0.05) is 29.5 Å². The molecular weight excluding hydrogens is 637 g/mol. The van der Waals surface area contributed by atoms with Crippen LogP contribution < -0.4 is 5.32 Å². The minimum absolute atomic E-state index is 0.0607. The summed E-state index contributed by atoms with van der Waals surface area (Å²) in [4.78, 5) is 44.5. The number of aryl methyl sites for hydroxylation is 2. The van der Waals surface area contributed by atoms with Crippen molar-refractivity contribution in [2.75, 3.05) is 41.3 Å². The second-order valence-electron chi connectivity index (χ2n) is 13.3. The Hall–Kier alpha value is -5.48. The van der Waals surface area contributed by atoms with Gasteiger partial charge >= 0.3 is 0 Å². The van der Waals surface area contributed by atoms with Crippen molar-refractivity contribution in [2.45, 2.75) is 49.6 Å². The molecule has 2 atom stereocenters. The summed E-state index contributed by atoms with van der Waals surface area (Å²) in [6, 6.07) is 18.6. The highest BCUT2D eigenvalue weighted by molar-refractivity contribution is 5.95. The molecule has 1 aromatic heterocycles. The summed E-state index contributed by atoms with van der Waals surface area (Å²) in [5.74, 6) is -0.507. The lowest BCUT2D eigenvalue weighted by molar-refractivity contribution is -0.130. The molecule has 6 rings (SSSR count). The summed E-state index contributed by atoms with van der Waals surface area (Å²) in [6.45, 7) is 0.449. The van der Waals surface area contributed by atoms with E-state index in [1.165, 1.54) is 21.9 Å². The van der Waals surface area contributed by atoms with Gasteiger partial charge in [-0.05, 0) is 96.3 Å². The molecule has 1 saturated heterocycles. The molecule has 1 aliphatic heterocycles.